The van der Waals surface area contributed by atoms with Crippen LogP contribution in [0.4, 0.5) is 5.69 Å². The van der Waals surface area contributed by atoms with Crippen molar-refractivity contribution in [1.29, 1.82) is 0 Å². The zero-order valence-corrected chi connectivity index (χ0v) is 18.5. The molecule has 34 heavy (non-hydrogen) atoms. The summed E-state index contributed by atoms with van der Waals surface area (Å²) in [7, 11) is 0. The zero-order chi connectivity index (χ0) is 23.5. The van der Waals surface area contributed by atoms with Crippen LogP contribution in [0.15, 0.2) is 66.7 Å². The van der Waals surface area contributed by atoms with Crippen molar-refractivity contribution in [3.8, 4) is 22.9 Å². The zero-order valence-electron chi connectivity index (χ0n) is 18.5. The number of imidazole rings is 1. The number of carbonyl (C=O) groups excluding carboxylic acids is 2. The molecule has 1 amide bonds. The molecule has 1 aromatic heterocycles. The average molecular weight is 457 g/mol. The van der Waals surface area contributed by atoms with E-state index < -0.39 is 18.0 Å². The van der Waals surface area contributed by atoms with Crippen molar-refractivity contribution >= 4 is 28.6 Å². The van der Waals surface area contributed by atoms with Gasteiger partial charge in [0.2, 0.25) is 0 Å². The number of ether oxygens (including phenoxy) is 3. The van der Waals surface area contributed by atoms with E-state index in [0.717, 1.165) is 11.1 Å². The number of carbonyl (C=O) groups is 2. The summed E-state index contributed by atoms with van der Waals surface area (Å²) in [6, 6.07) is 20.0. The molecular weight excluding hydrogens is 434 g/mol. The van der Waals surface area contributed by atoms with Crippen molar-refractivity contribution in [1.82, 2.24) is 9.97 Å². The Morgan fingerprint density at radius 3 is 2.62 bits per heavy atom. The van der Waals surface area contributed by atoms with Gasteiger partial charge in [-0.1, -0.05) is 37.3 Å². The van der Waals surface area contributed by atoms with Crippen LogP contribution in [-0.4, -0.2) is 41.2 Å². The summed E-state index contributed by atoms with van der Waals surface area (Å²) in [6.45, 7) is 2.73. The van der Waals surface area contributed by atoms with E-state index in [-0.39, 0.29) is 0 Å². The molecule has 8 heteroatoms. The maximum atomic E-state index is 12.8. The van der Waals surface area contributed by atoms with E-state index in [2.05, 4.69) is 15.3 Å². The molecule has 8 nitrogen and oxygen atoms in total. The lowest BCUT2D eigenvalue weighted by Gasteiger charge is -2.20. The van der Waals surface area contributed by atoms with Gasteiger partial charge >= 0.3 is 5.97 Å². The molecular formula is C26H23N3O5. The molecule has 2 N–H and O–H groups in total. The molecule has 1 aliphatic heterocycles. The molecule has 0 fully saturated rings. The van der Waals surface area contributed by atoms with Gasteiger partial charge in [0.15, 0.2) is 17.6 Å². The van der Waals surface area contributed by atoms with Gasteiger partial charge in [-0.05, 0) is 36.8 Å². The number of benzene rings is 3. The normalized spacial score (nSPS) is 13.3. The smallest absolute Gasteiger partial charge is 0.338 e. The summed E-state index contributed by atoms with van der Waals surface area (Å²) < 4.78 is 16.6. The van der Waals surface area contributed by atoms with Crippen LogP contribution in [-0.2, 0) is 9.53 Å². The minimum Gasteiger partial charge on any atom is -0.486 e. The van der Waals surface area contributed by atoms with Gasteiger partial charge in [-0.15, -0.1) is 0 Å². The summed E-state index contributed by atoms with van der Waals surface area (Å²) in [6.07, 6.45) is -0.620. The predicted molar refractivity (Wildman–Crippen MR) is 127 cm³/mol. The Kier molecular flexibility index (Phi) is 5.86. The molecule has 0 aliphatic carbocycles. The second-order valence-corrected chi connectivity index (χ2v) is 7.83. The van der Waals surface area contributed by atoms with Crippen molar-refractivity contribution in [2.75, 3.05) is 18.5 Å². The molecule has 1 unspecified atom stereocenters. The predicted octanol–water partition coefficient (Wildman–Crippen LogP) is 4.58. The number of H-pyrrole nitrogens is 1. The van der Waals surface area contributed by atoms with Gasteiger partial charge in [-0.3, -0.25) is 4.79 Å². The van der Waals surface area contributed by atoms with Gasteiger partial charge in [0.05, 0.1) is 16.6 Å². The lowest BCUT2D eigenvalue weighted by Crippen LogP contribution is -2.32. The third kappa shape index (κ3) is 4.43. The fraction of sp³-hybridized carbons (Fsp3) is 0.192. The lowest BCUT2D eigenvalue weighted by molar-refractivity contribution is -0.124. The molecule has 0 spiro atoms. The number of aromatic nitrogens is 2. The Balaban J connectivity index is 1.28. The van der Waals surface area contributed by atoms with E-state index in [0.29, 0.717) is 53.7 Å². The highest BCUT2D eigenvalue weighted by molar-refractivity contribution is 5.99. The fourth-order valence-corrected chi connectivity index (χ4v) is 3.73. The first-order valence-electron chi connectivity index (χ1n) is 11.1. The quantitative estimate of drug-likeness (QED) is 0.411. The number of hydrogen-bond donors (Lipinski definition) is 2. The number of esters is 1. The van der Waals surface area contributed by atoms with Gasteiger partial charge < -0.3 is 24.5 Å². The Bertz CT molecular complexity index is 1350. The SMILES string of the molecule is CCC(OC(=O)c1ccc2nc(-c3ccccc3)[nH]c2c1)C(=O)Nc1ccc2c(c1)OCCO2. The number of rotatable bonds is 6. The van der Waals surface area contributed by atoms with Crippen LogP contribution in [0.3, 0.4) is 0 Å². The summed E-state index contributed by atoms with van der Waals surface area (Å²) in [5.74, 6) is 0.916. The van der Waals surface area contributed by atoms with Gasteiger partial charge in [0.1, 0.15) is 19.0 Å². The molecule has 2 heterocycles. The van der Waals surface area contributed by atoms with Gasteiger partial charge in [-0.25, -0.2) is 9.78 Å². The summed E-state index contributed by atoms with van der Waals surface area (Å²) in [5.41, 5.74) is 3.27. The maximum absolute atomic E-state index is 12.8. The summed E-state index contributed by atoms with van der Waals surface area (Å²) in [5, 5.41) is 2.78. The Morgan fingerprint density at radius 1 is 1.03 bits per heavy atom. The van der Waals surface area contributed by atoms with E-state index in [1.807, 2.05) is 30.3 Å². The van der Waals surface area contributed by atoms with Crippen LogP contribution in [0.25, 0.3) is 22.4 Å². The fourth-order valence-electron chi connectivity index (χ4n) is 3.73. The number of amides is 1. The first-order valence-corrected chi connectivity index (χ1v) is 11.1. The van der Waals surface area contributed by atoms with E-state index in [4.69, 9.17) is 14.2 Å². The number of nitrogens with one attached hydrogen (secondary N) is 2. The third-order valence-corrected chi connectivity index (χ3v) is 5.49. The number of aromatic amines is 1. The van der Waals surface area contributed by atoms with Gasteiger partial charge in [0.25, 0.3) is 5.91 Å². The highest BCUT2D eigenvalue weighted by atomic mass is 16.6. The van der Waals surface area contributed by atoms with E-state index >= 15 is 0 Å². The molecule has 172 valence electrons. The summed E-state index contributed by atoms with van der Waals surface area (Å²) >= 11 is 0. The first-order chi connectivity index (χ1) is 16.6. The molecule has 4 aromatic rings. The third-order valence-electron chi connectivity index (χ3n) is 5.49. The molecule has 0 bridgehead atoms. The first kappa shape index (κ1) is 21.5. The maximum Gasteiger partial charge on any atom is 0.338 e. The van der Waals surface area contributed by atoms with E-state index in [1.165, 1.54) is 0 Å². The molecule has 3 aromatic carbocycles. The second-order valence-electron chi connectivity index (χ2n) is 7.83. The van der Waals surface area contributed by atoms with Gasteiger partial charge in [0, 0.05) is 17.3 Å². The van der Waals surface area contributed by atoms with Crippen LogP contribution in [0.1, 0.15) is 23.7 Å². The number of fused-ring (bicyclic) bond motifs is 2. The monoisotopic (exact) mass is 457 g/mol. The van der Waals surface area contributed by atoms with Crippen molar-refractivity contribution < 1.29 is 23.8 Å². The van der Waals surface area contributed by atoms with E-state index in [1.54, 1.807) is 43.3 Å². The number of anilines is 1. The molecule has 0 saturated heterocycles. The van der Waals surface area contributed by atoms with Crippen molar-refractivity contribution in [3.05, 3.63) is 72.3 Å². The topological polar surface area (TPSA) is 103 Å². The Hall–Kier alpha value is -4.33. The molecule has 5 rings (SSSR count). The minimum atomic E-state index is -0.946. The van der Waals surface area contributed by atoms with Crippen LogP contribution in [0.2, 0.25) is 0 Å². The van der Waals surface area contributed by atoms with Crippen LogP contribution in [0.5, 0.6) is 11.5 Å². The summed E-state index contributed by atoms with van der Waals surface area (Å²) in [4.78, 5) is 33.4. The molecule has 0 saturated carbocycles. The number of nitrogens with zero attached hydrogens (tertiary/aromatic N) is 1. The highest BCUT2D eigenvalue weighted by Crippen LogP contribution is 2.32. The van der Waals surface area contributed by atoms with Crippen molar-refractivity contribution in [3.63, 3.8) is 0 Å². The standard InChI is InChI=1S/C26H23N3O5/c1-2-21(25(30)27-18-9-11-22-23(15-18)33-13-12-32-22)34-26(31)17-8-10-19-20(14-17)29-24(28-19)16-6-4-3-5-7-16/h3-11,14-15,21H,2,12-13H2,1H3,(H,27,30)(H,28,29). The van der Waals surface area contributed by atoms with Gasteiger partial charge in [-0.2, -0.15) is 0 Å². The minimum absolute atomic E-state index is 0.326. The second kappa shape index (κ2) is 9.27. The molecule has 0 radical (unpaired) electrons. The van der Waals surface area contributed by atoms with E-state index in [9.17, 15) is 9.59 Å². The Labute approximate surface area is 195 Å². The molecule has 1 aliphatic rings. The molecule has 1 atom stereocenters. The largest absolute Gasteiger partial charge is 0.486 e. The average Bonchev–Trinajstić information content (AvgIpc) is 3.31. The number of hydrogen-bond acceptors (Lipinski definition) is 6. The van der Waals surface area contributed by atoms with Crippen LogP contribution < -0.4 is 14.8 Å². The lowest BCUT2D eigenvalue weighted by atomic mass is 10.2. The van der Waals surface area contributed by atoms with Crippen LogP contribution in [0, 0.1) is 0 Å². The van der Waals surface area contributed by atoms with Crippen LogP contribution >= 0.6 is 0 Å². The Morgan fingerprint density at radius 2 is 1.82 bits per heavy atom. The highest BCUT2D eigenvalue weighted by Gasteiger charge is 2.23. The van der Waals surface area contributed by atoms with Crippen molar-refractivity contribution in [2.45, 2.75) is 19.4 Å². The van der Waals surface area contributed by atoms with Crippen molar-refractivity contribution in [2.24, 2.45) is 0 Å².